The van der Waals surface area contributed by atoms with E-state index in [4.69, 9.17) is 4.74 Å². The molecule has 3 aliphatic carbocycles. The highest BCUT2D eigenvalue weighted by atomic mass is 32.2. The Morgan fingerprint density at radius 1 is 0.846 bits per heavy atom. The van der Waals surface area contributed by atoms with Gasteiger partial charge in [-0.25, -0.2) is 0 Å². The van der Waals surface area contributed by atoms with Crippen LogP contribution in [0.3, 0.4) is 0 Å². The number of ketones is 1. The summed E-state index contributed by atoms with van der Waals surface area (Å²) in [6.07, 6.45) is 6.08. The van der Waals surface area contributed by atoms with Gasteiger partial charge >= 0.3 is 0 Å². The van der Waals surface area contributed by atoms with Gasteiger partial charge in [-0.1, -0.05) is 104 Å². The Balaban J connectivity index is 1.37. The molecule has 2 aromatic rings. The van der Waals surface area contributed by atoms with Crippen molar-refractivity contribution in [1.82, 2.24) is 0 Å². The molecule has 4 aliphatic rings. The maximum absolute atomic E-state index is 13.5. The molecule has 1 saturated heterocycles. The van der Waals surface area contributed by atoms with Crippen LogP contribution in [0.2, 0.25) is 0 Å². The predicted octanol–water partition coefficient (Wildman–Crippen LogP) is 7.25. The second-order valence-corrected chi connectivity index (χ2v) is 14.6. The predicted molar refractivity (Wildman–Crippen MR) is 158 cm³/mol. The maximum atomic E-state index is 13.5. The van der Waals surface area contributed by atoms with Crippen LogP contribution in [0, 0.1) is 28.6 Å². The third-order valence-corrected chi connectivity index (χ3v) is 12.7. The van der Waals surface area contributed by atoms with Crippen molar-refractivity contribution in [2.24, 2.45) is 28.6 Å². The number of benzene rings is 2. The van der Waals surface area contributed by atoms with Crippen LogP contribution in [0.4, 0.5) is 0 Å². The van der Waals surface area contributed by atoms with Gasteiger partial charge in [0.1, 0.15) is 0 Å². The van der Waals surface area contributed by atoms with Gasteiger partial charge in [0.2, 0.25) is 10.2 Å². The van der Waals surface area contributed by atoms with Crippen LogP contribution in [-0.2, 0) is 9.53 Å². The molecule has 0 bridgehead atoms. The summed E-state index contributed by atoms with van der Waals surface area (Å²) in [7, 11) is 0. The number of carbonyl (C=O) groups is 3. The smallest absolute Gasteiger partial charge is 0.219 e. The van der Waals surface area contributed by atoms with Gasteiger partial charge in [-0.3, -0.25) is 14.4 Å². The van der Waals surface area contributed by atoms with E-state index < -0.39 is 0 Å². The van der Waals surface area contributed by atoms with E-state index in [1.54, 1.807) is 0 Å². The summed E-state index contributed by atoms with van der Waals surface area (Å²) in [5.74, 6) is 1.20. The van der Waals surface area contributed by atoms with Crippen molar-refractivity contribution in [2.75, 3.05) is 13.2 Å². The minimum absolute atomic E-state index is 0.0369. The maximum Gasteiger partial charge on any atom is 0.219 e. The topological polar surface area (TPSA) is 60.4 Å². The normalized spacial score (nSPS) is 35.7. The SMILES string of the molecule is C[C@]12CC[C@H]3[C@@H]([C@H](SC(=O)c4ccccc4)CC4=CC(=O)C[C@H](SC(=O)c5ccccc5)[C@@]43C)[C@@H]1CCOC2. The second kappa shape index (κ2) is 10.7. The first-order valence-electron chi connectivity index (χ1n) is 14.1. The molecule has 6 heteroatoms. The third-order valence-electron chi connectivity index (χ3n) is 10.1. The molecule has 1 aliphatic heterocycles. The third kappa shape index (κ3) is 4.87. The Kier molecular flexibility index (Phi) is 7.41. The molecule has 4 nitrogen and oxygen atoms in total. The molecular formula is C33H36O4S2. The molecule has 2 aromatic carbocycles. The number of ether oxygens (including phenoxy) is 1. The highest BCUT2D eigenvalue weighted by molar-refractivity contribution is 8.15. The number of hydrogen-bond donors (Lipinski definition) is 0. The molecule has 3 fully saturated rings. The van der Waals surface area contributed by atoms with E-state index in [1.807, 2.05) is 66.7 Å². The van der Waals surface area contributed by atoms with E-state index in [0.29, 0.717) is 29.7 Å². The first-order chi connectivity index (χ1) is 18.8. The standard InChI is InChI=1S/C33H36O4S2/c1-32-15-13-26-29(25(32)14-16-37-20-32)27(38-30(35)21-9-5-3-6-10-21)18-23-17-24(34)19-28(33(23,26)2)39-31(36)22-11-7-4-8-12-22/h3-12,17,25-29H,13-16,18-20H2,1-2H3/t25-,26-,27+,28-,29-,32+,33-/m0/s1. The molecular weight excluding hydrogens is 524 g/mol. The quantitative estimate of drug-likeness (QED) is 0.393. The van der Waals surface area contributed by atoms with Crippen molar-refractivity contribution in [3.05, 3.63) is 83.4 Å². The Morgan fingerprint density at radius 2 is 1.49 bits per heavy atom. The Hall–Kier alpha value is -2.15. The zero-order valence-electron chi connectivity index (χ0n) is 22.6. The molecule has 0 aromatic heterocycles. The van der Waals surface area contributed by atoms with Crippen LogP contribution in [-0.4, -0.2) is 39.7 Å². The molecule has 0 N–H and O–H groups in total. The lowest BCUT2D eigenvalue weighted by Crippen LogP contribution is -2.60. The van der Waals surface area contributed by atoms with Crippen molar-refractivity contribution in [3.8, 4) is 0 Å². The lowest BCUT2D eigenvalue weighted by Gasteiger charge is -2.63. The number of carbonyl (C=O) groups excluding carboxylic acids is 3. The first-order valence-corrected chi connectivity index (χ1v) is 15.9. The van der Waals surface area contributed by atoms with Gasteiger partial charge in [0, 0.05) is 40.1 Å². The van der Waals surface area contributed by atoms with Crippen LogP contribution in [0.1, 0.15) is 66.7 Å². The summed E-state index contributed by atoms with van der Waals surface area (Å²) in [6, 6.07) is 19.0. The minimum Gasteiger partial charge on any atom is -0.381 e. The van der Waals surface area contributed by atoms with E-state index >= 15 is 0 Å². The van der Waals surface area contributed by atoms with E-state index in [-0.39, 0.29) is 37.3 Å². The van der Waals surface area contributed by atoms with Crippen LogP contribution in [0.15, 0.2) is 72.3 Å². The molecule has 39 heavy (non-hydrogen) atoms. The summed E-state index contributed by atoms with van der Waals surface area (Å²) in [5.41, 5.74) is 2.39. The van der Waals surface area contributed by atoms with E-state index in [9.17, 15) is 14.4 Å². The molecule has 2 saturated carbocycles. The van der Waals surface area contributed by atoms with Crippen molar-refractivity contribution in [3.63, 3.8) is 0 Å². The first kappa shape index (κ1) is 27.0. The zero-order chi connectivity index (χ0) is 27.2. The Bertz CT molecular complexity index is 1290. The fourth-order valence-corrected chi connectivity index (χ4v) is 10.7. The molecule has 6 rings (SSSR count). The van der Waals surface area contributed by atoms with Gasteiger partial charge in [0.25, 0.3) is 0 Å². The number of thioether (sulfide) groups is 2. The van der Waals surface area contributed by atoms with E-state index in [1.165, 1.54) is 23.5 Å². The average Bonchev–Trinajstić information content (AvgIpc) is 2.94. The van der Waals surface area contributed by atoms with Crippen LogP contribution in [0.5, 0.6) is 0 Å². The van der Waals surface area contributed by atoms with Gasteiger partial charge in [-0.05, 0) is 54.9 Å². The fourth-order valence-electron chi connectivity index (χ4n) is 8.02. The lowest BCUT2D eigenvalue weighted by molar-refractivity contribution is -0.129. The van der Waals surface area contributed by atoms with E-state index in [0.717, 1.165) is 50.0 Å². The number of fused-ring (bicyclic) bond motifs is 5. The molecule has 0 amide bonds. The second-order valence-electron chi connectivity index (χ2n) is 12.2. The summed E-state index contributed by atoms with van der Waals surface area (Å²) in [4.78, 5) is 40.0. The summed E-state index contributed by atoms with van der Waals surface area (Å²) in [5, 5.41) is 0.140. The van der Waals surface area contributed by atoms with Gasteiger partial charge in [-0.2, -0.15) is 0 Å². The van der Waals surface area contributed by atoms with Crippen molar-refractivity contribution in [2.45, 2.75) is 56.5 Å². The molecule has 1 heterocycles. The number of hydrogen-bond acceptors (Lipinski definition) is 6. The molecule has 0 spiro atoms. The number of allylic oxidation sites excluding steroid dienone is 2. The average molecular weight is 561 g/mol. The van der Waals surface area contributed by atoms with E-state index in [2.05, 4.69) is 13.8 Å². The molecule has 7 atom stereocenters. The van der Waals surface area contributed by atoms with Crippen molar-refractivity contribution in [1.29, 1.82) is 0 Å². The molecule has 0 radical (unpaired) electrons. The van der Waals surface area contributed by atoms with Gasteiger partial charge in [0.05, 0.1) is 6.61 Å². The molecule has 204 valence electrons. The van der Waals surface area contributed by atoms with Gasteiger partial charge < -0.3 is 4.74 Å². The highest BCUT2D eigenvalue weighted by Gasteiger charge is 2.61. The van der Waals surface area contributed by atoms with Crippen LogP contribution >= 0.6 is 23.5 Å². The Labute approximate surface area is 239 Å². The van der Waals surface area contributed by atoms with Crippen molar-refractivity contribution < 1.29 is 19.1 Å². The van der Waals surface area contributed by atoms with Crippen LogP contribution < -0.4 is 0 Å². The zero-order valence-corrected chi connectivity index (χ0v) is 24.3. The lowest BCUT2D eigenvalue weighted by atomic mass is 9.46. The van der Waals surface area contributed by atoms with Gasteiger partial charge in [0.15, 0.2) is 5.78 Å². The summed E-state index contributed by atoms with van der Waals surface area (Å²) >= 11 is 2.83. The summed E-state index contributed by atoms with van der Waals surface area (Å²) in [6.45, 7) is 6.22. The summed E-state index contributed by atoms with van der Waals surface area (Å²) < 4.78 is 6.00. The van der Waals surface area contributed by atoms with Crippen molar-refractivity contribution >= 4 is 39.5 Å². The Morgan fingerprint density at radius 3 is 2.15 bits per heavy atom. The van der Waals surface area contributed by atoms with Crippen LogP contribution in [0.25, 0.3) is 0 Å². The largest absolute Gasteiger partial charge is 0.381 e. The fraction of sp³-hybridized carbons (Fsp3) is 0.485. The minimum atomic E-state index is -0.264. The number of rotatable bonds is 4. The highest BCUT2D eigenvalue weighted by Crippen LogP contribution is 2.66. The van der Waals surface area contributed by atoms with Gasteiger partial charge in [-0.15, -0.1) is 0 Å². The molecule has 0 unspecified atom stereocenters. The monoisotopic (exact) mass is 560 g/mol.